The van der Waals surface area contributed by atoms with Crippen LogP contribution in [0.2, 0.25) is 0 Å². The lowest BCUT2D eigenvalue weighted by atomic mass is 9.77. The number of fused-ring (bicyclic) bond motifs is 1. The normalized spacial score (nSPS) is 21.1. The van der Waals surface area contributed by atoms with Crippen molar-refractivity contribution in [1.82, 2.24) is 4.90 Å². The van der Waals surface area contributed by atoms with Crippen LogP contribution in [0.3, 0.4) is 0 Å². The number of rotatable bonds is 4. The minimum absolute atomic E-state index is 0.0110. The zero-order chi connectivity index (χ0) is 17.2. The number of carbonyl (C=O) groups excluding carboxylic acids is 1. The number of nitrogens with one attached hydrogen (secondary N) is 1. The van der Waals surface area contributed by atoms with Gasteiger partial charge in [0.1, 0.15) is 0 Å². The van der Waals surface area contributed by atoms with E-state index in [1.54, 1.807) is 0 Å². The third-order valence-electron chi connectivity index (χ3n) is 5.43. The fraction of sp³-hybridized carbons (Fsp3) is 0.381. The van der Waals surface area contributed by atoms with Crippen molar-refractivity contribution in [2.45, 2.75) is 25.3 Å². The number of carbonyl (C=O) groups is 1. The van der Waals surface area contributed by atoms with Crippen molar-refractivity contribution >= 4 is 11.6 Å². The van der Waals surface area contributed by atoms with Crippen LogP contribution < -0.4 is 5.32 Å². The highest BCUT2D eigenvalue weighted by atomic mass is 16.5. The van der Waals surface area contributed by atoms with Crippen molar-refractivity contribution in [3.8, 4) is 0 Å². The first kappa shape index (κ1) is 16.3. The van der Waals surface area contributed by atoms with E-state index in [0.717, 1.165) is 44.0 Å². The third-order valence-corrected chi connectivity index (χ3v) is 5.43. The number of benzene rings is 2. The summed E-state index contributed by atoms with van der Waals surface area (Å²) < 4.78 is 5.42. The van der Waals surface area contributed by atoms with Gasteiger partial charge in [-0.2, -0.15) is 0 Å². The highest BCUT2D eigenvalue weighted by Gasteiger charge is 2.31. The second kappa shape index (κ2) is 6.98. The van der Waals surface area contributed by atoms with Gasteiger partial charge < -0.3 is 10.1 Å². The smallest absolute Gasteiger partial charge is 0.232 e. The zero-order valence-corrected chi connectivity index (χ0v) is 14.6. The van der Waals surface area contributed by atoms with Gasteiger partial charge in [0.05, 0.1) is 19.1 Å². The number of morpholine rings is 1. The van der Waals surface area contributed by atoms with Crippen LogP contribution in [-0.2, 0) is 16.0 Å². The first-order valence-corrected chi connectivity index (χ1v) is 9.03. The fourth-order valence-electron chi connectivity index (χ4n) is 3.74. The van der Waals surface area contributed by atoms with E-state index in [-0.39, 0.29) is 11.8 Å². The Labute approximate surface area is 148 Å². The lowest BCUT2D eigenvalue weighted by Gasteiger charge is -2.32. The first-order chi connectivity index (χ1) is 12.2. The van der Waals surface area contributed by atoms with Gasteiger partial charge in [0, 0.05) is 24.8 Å². The molecular formula is C21H24N2O2. The van der Waals surface area contributed by atoms with Crippen molar-refractivity contribution in [2.75, 3.05) is 31.6 Å². The van der Waals surface area contributed by atoms with Crippen molar-refractivity contribution in [3.63, 3.8) is 0 Å². The van der Waals surface area contributed by atoms with Crippen LogP contribution in [0.5, 0.6) is 0 Å². The van der Waals surface area contributed by atoms with E-state index in [0.29, 0.717) is 6.04 Å². The number of nitrogens with zero attached hydrogens (tertiary/aromatic N) is 1. The van der Waals surface area contributed by atoms with Crippen molar-refractivity contribution < 1.29 is 9.53 Å². The average Bonchev–Trinajstić information content (AvgIpc) is 2.63. The topological polar surface area (TPSA) is 41.6 Å². The molecule has 4 heteroatoms. The van der Waals surface area contributed by atoms with Crippen molar-refractivity contribution in [2.24, 2.45) is 0 Å². The third kappa shape index (κ3) is 3.32. The Balaban J connectivity index is 1.38. The molecule has 1 fully saturated rings. The Kier molecular flexibility index (Phi) is 4.55. The SMILES string of the molecule is C[C@@H](c1ccc(NC(=O)[C@H]2Cc3ccccc32)cc1)N1CCOCC1. The second-order valence-electron chi connectivity index (χ2n) is 6.89. The van der Waals surface area contributed by atoms with Crippen LogP contribution in [0.4, 0.5) is 5.69 Å². The molecule has 25 heavy (non-hydrogen) atoms. The molecule has 0 radical (unpaired) electrons. The van der Waals surface area contributed by atoms with Crippen LogP contribution >= 0.6 is 0 Å². The summed E-state index contributed by atoms with van der Waals surface area (Å²) in [6, 6.07) is 16.8. The monoisotopic (exact) mass is 336 g/mol. The van der Waals surface area contributed by atoms with Crippen molar-refractivity contribution in [3.05, 3.63) is 65.2 Å². The molecule has 2 aromatic rings. The van der Waals surface area contributed by atoms with Crippen LogP contribution in [-0.4, -0.2) is 37.1 Å². The second-order valence-corrected chi connectivity index (χ2v) is 6.89. The molecule has 2 aromatic carbocycles. The Bertz CT molecular complexity index is 751. The van der Waals surface area contributed by atoms with E-state index < -0.39 is 0 Å². The van der Waals surface area contributed by atoms with E-state index in [9.17, 15) is 4.79 Å². The Morgan fingerprint density at radius 1 is 1.12 bits per heavy atom. The standard InChI is InChI=1S/C21H24N2O2/c1-15(23-10-12-25-13-11-23)16-6-8-18(9-7-16)22-21(24)20-14-17-4-2-3-5-19(17)20/h2-9,15,20H,10-14H2,1H3,(H,22,24)/t15-,20-/m0/s1. The van der Waals surface area contributed by atoms with Gasteiger partial charge in [-0.3, -0.25) is 9.69 Å². The maximum atomic E-state index is 12.5. The van der Waals surface area contributed by atoms with Gasteiger partial charge in [0.25, 0.3) is 0 Å². The summed E-state index contributed by atoms with van der Waals surface area (Å²) in [6.07, 6.45) is 0.841. The molecule has 2 atom stereocenters. The van der Waals surface area contributed by atoms with Gasteiger partial charge in [-0.05, 0) is 42.2 Å². The summed E-state index contributed by atoms with van der Waals surface area (Å²) in [6.45, 7) is 5.79. The van der Waals surface area contributed by atoms with E-state index >= 15 is 0 Å². The lowest BCUT2D eigenvalue weighted by Crippen LogP contribution is -2.38. The molecule has 1 N–H and O–H groups in total. The Morgan fingerprint density at radius 3 is 2.56 bits per heavy atom. The summed E-state index contributed by atoms with van der Waals surface area (Å²) >= 11 is 0. The Hall–Kier alpha value is -2.17. The molecule has 4 nitrogen and oxygen atoms in total. The van der Waals surface area contributed by atoms with Gasteiger partial charge in [-0.1, -0.05) is 36.4 Å². The number of ether oxygens (including phenoxy) is 1. The fourth-order valence-corrected chi connectivity index (χ4v) is 3.74. The molecule has 1 saturated heterocycles. The van der Waals surface area contributed by atoms with Gasteiger partial charge >= 0.3 is 0 Å². The lowest BCUT2D eigenvalue weighted by molar-refractivity contribution is -0.118. The molecule has 0 bridgehead atoms. The molecule has 0 saturated carbocycles. The molecule has 1 aliphatic carbocycles. The number of hydrogen-bond donors (Lipinski definition) is 1. The predicted molar refractivity (Wildman–Crippen MR) is 98.8 cm³/mol. The molecule has 130 valence electrons. The zero-order valence-electron chi connectivity index (χ0n) is 14.6. The van der Waals surface area contributed by atoms with Crippen LogP contribution in [0, 0.1) is 0 Å². The van der Waals surface area contributed by atoms with E-state index in [1.165, 1.54) is 11.1 Å². The predicted octanol–water partition coefficient (Wildman–Crippen LogP) is 3.36. The maximum Gasteiger partial charge on any atom is 0.232 e. The van der Waals surface area contributed by atoms with Gasteiger partial charge in [-0.25, -0.2) is 0 Å². The van der Waals surface area contributed by atoms with E-state index in [1.807, 2.05) is 24.3 Å². The van der Waals surface area contributed by atoms with Gasteiger partial charge in [0.2, 0.25) is 5.91 Å². The van der Waals surface area contributed by atoms with Crippen molar-refractivity contribution in [1.29, 1.82) is 0 Å². The quantitative estimate of drug-likeness (QED) is 0.931. The van der Waals surface area contributed by atoms with Gasteiger partial charge in [0.15, 0.2) is 0 Å². The minimum Gasteiger partial charge on any atom is -0.379 e. The maximum absolute atomic E-state index is 12.5. The summed E-state index contributed by atoms with van der Waals surface area (Å²) in [5.41, 5.74) is 4.59. The van der Waals surface area contributed by atoms with Gasteiger partial charge in [-0.15, -0.1) is 0 Å². The highest BCUT2D eigenvalue weighted by Crippen LogP contribution is 2.35. The van der Waals surface area contributed by atoms with E-state index in [4.69, 9.17) is 4.74 Å². The number of hydrogen-bond acceptors (Lipinski definition) is 3. The van der Waals surface area contributed by atoms with Crippen LogP contribution in [0.25, 0.3) is 0 Å². The molecule has 4 rings (SSSR count). The minimum atomic E-state index is -0.0110. The number of amides is 1. The summed E-state index contributed by atoms with van der Waals surface area (Å²) in [4.78, 5) is 14.9. The average molecular weight is 336 g/mol. The molecule has 1 aliphatic heterocycles. The van der Waals surface area contributed by atoms with Crippen LogP contribution in [0.1, 0.15) is 35.6 Å². The molecule has 0 spiro atoms. The van der Waals surface area contributed by atoms with E-state index in [2.05, 4.69) is 41.4 Å². The largest absolute Gasteiger partial charge is 0.379 e. The molecule has 1 amide bonds. The number of anilines is 1. The Morgan fingerprint density at radius 2 is 1.84 bits per heavy atom. The summed E-state index contributed by atoms with van der Waals surface area (Å²) in [5.74, 6) is 0.0795. The molecule has 0 aromatic heterocycles. The molecular weight excluding hydrogens is 312 g/mol. The molecule has 1 heterocycles. The highest BCUT2D eigenvalue weighted by molar-refractivity contribution is 5.97. The van der Waals surface area contributed by atoms with Crippen LogP contribution in [0.15, 0.2) is 48.5 Å². The summed E-state index contributed by atoms with van der Waals surface area (Å²) in [5, 5.41) is 3.06. The molecule has 0 unspecified atom stereocenters. The first-order valence-electron chi connectivity index (χ1n) is 9.03. The summed E-state index contributed by atoms with van der Waals surface area (Å²) in [7, 11) is 0. The molecule has 2 aliphatic rings.